The SMILES string of the molecule is CCCCCCCCCCCCc1ccc(OC(=O)CCC(C)C)c(OC(=O)CCC(C)C)c1. The van der Waals surface area contributed by atoms with Crippen LogP contribution in [0.15, 0.2) is 18.2 Å². The summed E-state index contributed by atoms with van der Waals surface area (Å²) in [6.45, 7) is 10.6. The van der Waals surface area contributed by atoms with Gasteiger partial charge in [0.15, 0.2) is 11.5 Å². The zero-order chi connectivity index (χ0) is 25.2. The smallest absolute Gasteiger partial charge is 0.311 e. The first-order valence-corrected chi connectivity index (χ1v) is 13.9. The van der Waals surface area contributed by atoms with Crippen LogP contribution >= 0.6 is 0 Å². The lowest BCUT2D eigenvalue weighted by Gasteiger charge is -2.13. The fourth-order valence-electron chi connectivity index (χ4n) is 3.85. The van der Waals surface area contributed by atoms with Crippen LogP contribution in [0.3, 0.4) is 0 Å². The van der Waals surface area contributed by atoms with Crippen molar-refractivity contribution in [3.8, 4) is 11.5 Å². The van der Waals surface area contributed by atoms with Crippen molar-refractivity contribution in [1.29, 1.82) is 0 Å². The summed E-state index contributed by atoms with van der Waals surface area (Å²) in [6.07, 6.45) is 16.3. The minimum atomic E-state index is -0.282. The van der Waals surface area contributed by atoms with Gasteiger partial charge in [-0.1, -0.05) is 98.5 Å². The lowest BCUT2D eigenvalue weighted by Crippen LogP contribution is -2.13. The molecule has 1 aromatic rings. The summed E-state index contributed by atoms with van der Waals surface area (Å²) >= 11 is 0. The third kappa shape index (κ3) is 15.1. The molecule has 0 aromatic heterocycles. The van der Waals surface area contributed by atoms with Gasteiger partial charge >= 0.3 is 11.9 Å². The molecular formula is C30H50O4. The second-order valence-corrected chi connectivity index (χ2v) is 10.5. The number of carbonyl (C=O) groups is 2. The van der Waals surface area contributed by atoms with E-state index in [4.69, 9.17) is 9.47 Å². The van der Waals surface area contributed by atoms with Gasteiger partial charge in [0, 0.05) is 12.8 Å². The number of unbranched alkanes of at least 4 members (excludes halogenated alkanes) is 9. The Kier molecular flexibility index (Phi) is 16.4. The van der Waals surface area contributed by atoms with Crippen LogP contribution in [0.4, 0.5) is 0 Å². The molecule has 0 saturated carbocycles. The molecule has 1 rings (SSSR count). The third-order valence-corrected chi connectivity index (χ3v) is 6.13. The van der Waals surface area contributed by atoms with Gasteiger partial charge < -0.3 is 9.47 Å². The summed E-state index contributed by atoms with van der Waals surface area (Å²) in [7, 11) is 0. The van der Waals surface area contributed by atoms with Crippen molar-refractivity contribution in [1.82, 2.24) is 0 Å². The highest BCUT2D eigenvalue weighted by molar-refractivity contribution is 5.76. The Hall–Kier alpha value is -1.84. The molecule has 0 amide bonds. The van der Waals surface area contributed by atoms with Crippen LogP contribution in [-0.4, -0.2) is 11.9 Å². The van der Waals surface area contributed by atoms with Crippen LogP contribution in [0.2, 0.25) is 0 Å². The summed E-state index contributed by atoms with van der Waals surface area (Å²) in [6, 6.07) is 5.65. The van der Waals surface area contributed by atoms with E-state index in [-0.39, 0.29) is 11.9 Å². The van der Waals surface area contributed by atoms with Gasteiger partial charge in [0.1, 0.15) is 0 Å². The van der Waals surface area contributed by atoms with Crippen molar-refractivity contribution in [2.45, 2.75) is 131 Å². The van der Waals surface area contributed by atoms with Gasteiger partial charge in [0.05, 0.1) is 0 Å². The first-order chi connectivity index (χ1) is 16.3. The first-order valence-electron chi connectivity index (χ1n) is 13.9. The van der Waals surface area contributed by atoms with Gasteiger partial charge in [0.2, 0.25) is 0 Å². The fraction of sp³-hybridized carbons (Fsp3) is 0.733. The summed E-state index contributed by atoms with van der Waals surface area (Å²) in [4.78, 5) is 24.6. The molecule has 0 atom stereocenters. The number of esters is 2. The summed E-state index contributed by atoms with van der Waals surface area (Å²) in [5, 5.41) is 0. The first kappa shape index (κ1) is 30.2. The van der Waals surface area contributed by atoms with E-state index in [2.05, 4.69) is 34.6 Å². The molecule has 0 radical (unpaired) electrons. The molecule has 1 aromatic carbocycles. The van der Waals surface area contributed by atoms with Crippen molar-refractivity contribution >= 4 is 11.9 Å². The predicted octanol–water partition coefficient (Wildman–Crippen LogP) is 8.83. The van der Waals surface area contributed by atoms with Gasteiger partial charge in [0.25, 0.3) is 0 Å². The Bertz CT molecular complexity index is 693. The van der Waals surface area contributed by atoms with E-state index in [1.165, 1.54) is 57.8 Å². The minimum Gasteiger partial charge on any atom is -0.423 e. The van der Waals surface area contributed by atoms with E-state index < -0.39 is 0 Å². The number of rotatable bonds is 19. The van der Waals surface area contributed by atoms with Gasteiger partial charge in [-0.25, -0.2) is 0 Å². The minimum absolute atomic E-state index is 0.274. The molecular weight excluding hydrogens is 424 g/mol. The molecule has 0 N–H and O–H groups in total. The Morgan fingerprint density at radius 3 is 1.65 bits per heavy atom. The van der Waals surface area contributed by atoms with Crippen LogP contribution in [0.5, 0.6) is 11.5 Å². The number of ether oxygens (including phenoxy) is 2. The maximum absolute atomic E-state index is 12.4. The highest BCUT2D eigenvalue weighted by atomic mass is 16.6. The molecule has 4 heteroatoms. The summed E-state index contributed by atoms with van der Waals surface area (Å²) < 4.78 is 11.2. The monoisotopic (exact) mass is 474 g/mol. The maximum atomic E-state index is 12.4. The van der Waals surface area contributed by atoms with E-state index in [0.717, 1.165) is 31.2 Å². The van der Waals surface area contributed by atoms with E-state index in [0.29, 0.717) is 36.2 Å². The Morgan fingerprint density at radius 2 is 1.15 bits per heavy atom. The van der Waals surface area contributed by atoms with Crippen LogP contribution in [0, 0.1) is 11.8 Å². The topological polar surface area (TPSA) is 52.6 Å². The number of hydrogen-bond acceptors (Lipinski definition) is 4. The van der Waals surface area contributed by atoms with Gasteiger partial charge in [-0.2, -0.15) is 0 Å². The molecule has 34 heavy (non-hydrogen) atoms. The Morgan fingerprint density at radius 1 is 0.676 bits per heavy atom. The van der Waals surface area contributed by atoms with E-state index >= 15 is 0 Å². The molecule has 0 saturated heterocycles. The van der Waals surface area contributed by atoms with Gasteiger partial charge in [-0.05, 0) is 55.2 Å². The predicted molar refractivity (Wildman–Crippen MR) is 141 cm³/mol. The fourth-order valence-corrected chi connectivity index (χ4v) is 3.85. The van der Waals surface area contributed by atoms with E-state index in [9.17, 15) is 9.59 Å². The van der Waals surface area contributed by atoms with Crippen LogP contribution in [0.25, 0.3) is 0 Å². The molecule has 4 nitrogen and oxygen atoms in total. The Balaban J connectivity index is 2.58. The molecule has 0 aliphatic carbocycles. The molecule has 0 aliphatic heterocycles. The van der Waals surface area contributed by atoms with Crippen LogP contribution in [-0.2, 0) is 16.0 Å². The maximum Gasteiger partial charge on any atom is 0.311 e. The summed E-state index contributed by atoms with van der Waals surface area (Å²) in [5.74, 6) is 1.03. The highest BCUT2D eigenvalue weighted by Gasteiger charge is 2.15. The molecule has 194 valence electrons. The number of carbonyl (C=O) groups excluding carboxylic acids is 2. The Labute approximate surface area is 209 Å². The second-order valence-electron chi connectivity index (χ2n) is 10.5. The number of aryl methyl sites for hydroxylation is 1. The largest absolute Gasteiger partial charge is 0.423 e. The zero-order valence-corrected chi connectivity index (χ0v) is 22.6. The molecule has 0 bridgehead atoms. The van der Waals surface area contributed by atoms with Gasteiger partial charge in [-0.3, -0.25) is 9.59 Å². The van der Waals surface area contributed by atoms with Crippen molar-refractivity contribution < 1.29 is 19.1 Å². The quantitative estimate of drug-likeness (QED) is 0.114. The van der Waals surface area contributed by atoms with Crippen molar-refractivity contribution in [2.75, 3.05) is 0 Å². The molecule has 0 fully saturated rings. The van der Waals surface area contributed by atoms with E-state index in [1.54, 1.807) is 6.07 Å². The summed E-state index contributed by atoms with van der Waals surface area (Å²) in [5.41, 5.74) is 1.12. The second kappa shape index (κ2) is 18.5. The molecule has 0 aliphatic rings. The van der Waals surface area contributed by atoms with Crippen LogP contribution in [0.1, 0.15) is 130 Å². The number of benzene rings is 1. The molecule has 0 heterocycles. The average Bonchev–Trinajstić information content (AvgIpc) is 2.79. The van der Waals surface area contributed by atoms with Crippen LogP contribution < -0.4 is 9.47 Å². The van der Waals surface area contributed by atoms with Crippen molar-refractivity contribution in [3.63, 3.8) is 0 Å². The highest BCUT2D eigenvalue weighted by Crippen LogP contribution is 2.30. The molecule has 0 unspecified atom stereocenters. The molecule has 0 spiro atoms. The number of hydrogen-bond donors (Lipinski definition) is 0. The van der Waals surface area contributed by atoms with E-state index in [1.807, 2.05) is 12.1 Å². The third-order valence-electron chi connectivity index (χ3n) is 6.13. The zero-order valence-electron chi connectivity index (χ0n) is 22.6. The van der Waals surface area contributed by atoms with Gasteiger partial charge in [-0.15, -0.1) is 0 Å². The van der Waals surface area contributed by atoms with Crippen molar-refractivity contribution in [3.05, 3.63) is 23.8 Å². The average molecular weight is 475 g/mol. The van der Waals surface area contributed by atoms with Crippen molar-refractivity contribution in [2.24, 2.45) is 11.8 Å². The standard InChI is InChI=1S/C30H50O4/c1-6-7-8-9-10-11-12-13-14-15-16-26-19-20-27(33-29(31)21-17-24(2)3)28(23-26)34-30(32)22-18-25(4)5/h19-20,23-25H,6-18,21-22H2,1-5H3. The normalized spacial score (nSPS) is 11.3. The lowest BCUT2D eigenvalue weighted by atomic mass is 10.0. The lowest BCUT2D eigenvalue weighted by molar-refractivity contribution is -0.137.